The smallest absolute Gasteiger partial charge is 0.203 e. The summed E-state index contributed by atoms with van der Waals surface area (Å²) in [5, 5.41) is 3.42. The second-order valence-corrected chi connectivity index (χ2v) is 4.60. The van der Waals surface area contributed by atoms with Crippen LogP contribution in [0.3, 0.4) is 0 Å². The Morgan fingerprint density at radius 2 is 2.26 bits per heavy atom. The van der Waals surface area contributed by atoms with Gasteiger partial charge in [0.15, 0.2) is 0 Å². The first-order chi connectivity index (χ1) is 9.29. The van der Waals surface area contributed by atoms with Gasteiger partial charge >= 0.3 is 0 Å². The lowest BCUT2D eigenvalue weighted by atomic mass is 10.3. The van der Waals surface area contributed by atoms with E-state index in [1.165, 1.54) is 0 Å². The molecule has 2 heterocycles. The largest absolute Gasteiger partial charge is 0.385 e. The number of aryl methyl sites for hydroxylation is 1. The third-order valence-electron chi connectivity index (χ3n) is 2.88. The summed E-state index contributed by atoms with van der Waals surface area (Å²) in [6.45, 7) is 4.68. The number of imidazole rings is 2. The minimum atomic E-state index is 0.290. The third kappa shape index (κ3) is 4.10. The molecule has 0 spiro atoms. The quantitative estimate of drug-likeness (QED) is 0.735. The van der Waals surface area contributed by atoms with Crippen LogP contribution in [0.2, 0.25) is 0 Å². The van der Waals surface area contributed by atoms with Gasteiger partial charge in [0.2, 0.25) is 5.95 Å². The molecule has 0 radical (unpaired) electrons. The summed E-state index contributed by atoms with van der Waals surface area (Å²) < 4.78 is 9.23. The Labute approximate surface area is 113 Å². The Morgan fingerprint density at radius 3 is 3.00 bits per heavy atom. The molecule has 0 aliphatic rings. The van der Waals surface area contributed by atoms with Gasteiger partial charge in [-0.25, -0.2) is 9.97 Å². The molecule has 0 amide bonds. The Kier molecular flexibility index (Phi) is 4.97. The number of methoxy groups -OCH3 is 1. The summed E-state index contributed by atoms with van der Waals surface area (Å²) in [7, 11) is 1.72. The summed E-state index contributed by atoms with van der Waals surface area (Å²) in [4.78, 5) is 8.39. The summed E-state index contributed by atoms with van der Waals surface area (Å²) in [5.41, 5.74) is 0. The average molecular weight is 263 g/mol. The summed E-state index contributed by atoms with van der Waals surface area (Å²) >= 11 is 0. The maximum atomic E-state index is 5.07. The summed E-state index contributed by atoms with van der Waals surface area (Å²) in [6.07, 6.45) is 10.4. The Morgan fingerprint density at radius 1 is 1.37 bits per heavy atom. The minimum absolute atomic E-state index is 0.290. The fourth-order valence-corrected chi connectivity index (χ4v) is 1.99. The monoisotopic (exact) mass is 263 g/mol. The van der Waals surface area contributed by atoms with E-state index >= 15 is 0 Å². The molecule has 0 fully saturated rings. The molecule has 2 aromatic heterocycles. The zero-order chi connectivity index (χ0) is 13.5. The number of aromatic nitrogens is 4. The van der Waals surface area contributed by atoms with Crippen LogP contribution in [0, 0.1) is 0 Å². The van der Waals surface area contributed by atoms with Crippen LogP contribution in [0.25, 0.3) is 0 Å². The highest BCUT2D eigenvalue weighted by Gasteiger charge is 2.07. The molecule has 1 atom stereocenters. The molecule has 0 aliphatic carbocycles. The van der Waals surface area contributed by atoms with E-state index in [0.29, 0.717) is 0 Å². The van der Waals surface area contributed by atoms with Crippen LogP contribution in [-0.2, 0) is 17.8 Å². The molecular formula is C13H21N5O. The van der Waals surface area contributed by atoms with E-state index < -0.39 is 0 Å². The van der Waals surface area contributed by atoms with Crippen LogP contribution in [0.15, 0.2) is 31.1 Å². The number of hydrogen-bond donors (Lipinski definition) is 1. The highest BCUT2D eigenvalue weighted by atomic mass is 16.5. The Bertz CT molecular complexity index is 465. The van der Waals surface area contributed by atoms with Gasteiger partial charge in [-0.15, -0.1) is 0 Å². The van der Waals surface area contributed by atoms with Crippen LogP contribution in [0.5, 0.6) is 0 Å². The van der Waals surface area contributed by atoms with Gasteiger partial charge in [-0.05, 0) is 13.3 Å². The van der Waals surface area contributed by atoms with Crippen LogP contribution in [-0.4, -0.2) is 38.9 Å². The SMILES string of the molecule is COCCCn1ccnc1NC(C)Cn1ccnc1. The second kappa shape index (κ2) is 6.94. The topological polar surface area (TPSA) is 56.9 Å². The number of rotatable bonds is 8. The fourth-order valence-electron chi connectivity index (χ4n) is 1.99. The predicted molar refractivity (Wildman–Crippen MR) is 74.0 cm³/mol. The Hall–Kier alpha value is -1.82. The normalized spacial score (nSPS) is 12.5. The van der Waals surface area contributed by atoms with Gasteiger partial charge in [0.05, 0.1) is 6.33 Å². The first-order valence-electron chi connectivity index (χ1n) is 6.52. The standard InChI is InChI=1S/C13H21N5O/c1-12(10-17-7-4-14-11-17)16-13-15-5-8-18(13)6-3-9-19-2/h4-5,7-8,11-12H,3,6,9-10H2,1-2H3,(H,15,16). The van der Waals surface area contributed by atoms with Crippen LogP contribution in [0.1, 0.15) is 13.3 Å². The van der Waals surface area contributed by atoms with E-state index in [9.17, 15) is 0 Å². The van der Waals surface area contributed by atoms with Crippen molar-refractivity contribution in [2.24, 2.45) is 0 Å². The second-order valence-electron chi connectivity index (χ2n) is 4.60. The first-order valence-corrected chi connectivity index (χ1v) is 6.52. The Balaban J connectivity index is 1.86. The maximum absolute atomic E-state index is 5.07. The molecule has 6 nitrogen and oxygen atoms in total. The van der Waals surface area contributed by atoms with Crippen molar-refractivity contribution in [3.05, 3.63) is 31.1 Å². The molecule has 0 bridgehead atoms. The molecule has 0 aliphatic heterocycles. The van der Waals surface area contributed by atoms with E-state index in [1.54, 1.807) is 13.3 Å². The van der Waals surface area contributed by atoms with Crippen molar-refractivity contribution in [3.8, 4) is 0 Å². The van der Waals surface area contributed by atoms with E-state index in [2.05, 4.69) is 31.3 Å². The molecule has 1 N–H and O–H groups in total. The molecule has 2 aromatic rings. The van der Waals surface area contributed by atoms with Gasteiger partial charge in [-0.1, -0.05) is 0 Å². The molecule has 0 aromatic carbocycles. The molecule has 1 unspecified atom stereocenters. The lowest BCUT2D eigenvalue weighted by Gasteiger charge is -2.16. The van der Waals surface area contributed by atoms with Crippen molar-refractivity contribution in [1.82, 2.24) is 19.1 Å². The van der Waals surface area contributed by atoms with Gasteiger partial charge < -0.3 is 19.2 Å². The summed E-state index contributed by atoms with van der Waals surface area (Å²) in [5.74, 6) is 0.906. The number of nitrogens with one attached hydrogen (secondary N) is 1. The first kappa shape index (κ1) is 13.6. The number of nitrogens with zero attached hydrogens (tertiary/aromatic N) is 4. The van der Waals surface area contributed by atoms with Gasteiger partial charge in [0, 0.05) is 57.6 Å². The number of ether oxygens (including phenoxy) is 1. The molecule has 104 valence electrons. The van der Waals surface area contributed by atoms with E-state index in [1.807, 2.05) is 24.9 Å². The van der Waals surface area contributed by atoms with Crippen molar-refractivity contribution in [2.75, 3.05) is 19.0 Å². The van der Waals surface area contributed by atoms with E-state index in [4.69, 9.17) is 4.74 Å². The molecule has 19 heavy (non-hydrogen) atoms. The van der Waals surface area contributed by atoms with Crippen LogP contribution >= 0.6 is 0 Å². The van der Waals surface area contributed by atoms with Crippen molar-refractivity contribution < 1.29 is 4.74 Å². The van der Waals surface area contributed by atoms with E-state index in [-0.39, 0.29) is 6.04 Å². The van der Waals surface area contributed by atoms with Crippen molar-refractivity contribution >= 4 is 5.95 Å². The molecular weight excluding hydrogens is 242 g/mol. The number of anilines is 1. The van der Waals surface area contributed by atoms with Crippen molar-refractivity contribution in [2.45, 2.75) is 32.5 Å². The lowest BCUT2D eigenvalue weighted by Crippen LogP contribution is -2.23. The highest BCUT2D eigenvalue weighted by molar-refractivity contribution is 5.27. The average Bonchev–Trinajstić information content (AvgIpc) is 3.02. The number of hydrogen-bond acceptors (Lipinski definition) is 4. The van der Waals surface area contributed by atoms with E-state index in [0.717, 1.165) is 32.1 Å². The van der Waals surface area contributed by atoms with Gasteiger partial charge in [0.25, 0.3) is 0 Å². The summed E-state index contributed by atoms with van der Waals surface area (Å²) in [6, 6.07) is 0.290. The zero-order valence-electron chi connectivity index (χ0n) is 11.5. The van der Waals surface area contributed by atoms with Gasteiger partial charge in [-0.3, -0.25) is 0 Å². The molecule has 2 rings (SSSR count). The minimum Gasteiger partial charge on any atom is -0.385 e. The molecule has 6 heteroatoms. The van der Waals surface area contributed by atoms with Crippen molar-refractivity contribution in [1.29, 1.82) is 0 Å². The van der Waals surface area contributed by atoms with Gasteiger partial charge in [0.1, 0.15) is 0 Å². The molecule has 0 saturated heterocycles. The fraction of sp³-hybridized carbons (Fsp3) is 0.538. The third-order valence-corrected chi connectivity index (χ3v) is 2.88. The predicted octanol–water partition coefficient (Wildman–Crippen LogP) is 1.62. The molecule has 0 saturated carbocycles. The van der Waals surface area contributed by atoms with Crippen molar-refractivity contribution in [3.63, 3.8) is 0 Å². The zero-order valence-corrected chi connectivity index (χ0v) is 11.5. The van der Waals surface area contributed by atoms with Gasteiger partial charge in [-0.2, -0.15) is 0 Å². The maximum Gasteiger partial charge on any atom is 0.203 e. The van der Waals surface area contributed by atoms with Crippen LogP contribution < -0.4 is 5.32 Å². The van der Waals surface area contributed by atoms with Crippen LogP contribution in [0.4, 0.5) is 5.95 Å². The lowest BCUT2D eigenvalue weighted by molar-refractivity contribution is 0.190. The highest BCUT2D eigenvalue weighted by Crippen LogP contribution is 2.08.